The van der Waals surface area contributed by atoms with Crippen LogP contribution in [0.4, 0.5) is 14.5 Å². The van der Waals surface area contributed by atoms with E-state index in [1.54, 1.807) is 18.2 Å². The molecule has 18 heavy (non-hydrogen) atoms. The lowest BCUT2D eigenvalue weighted by Crippen LogP contribution is -2.01. The molecule has 0 aromatic heterocycles. The van der Waals surface area contributed by atoms with Crippen molar-refractivity contribution in [2.24, 2.45) is 0 Å². The Labute approximate surface area is 112 Å². The third kappa shape index (κ3) is 2.79. The number of nitrogens with two attached hydrogens (primary N) is 1. The van der Waals surface area contributed by atoms with Gasteiger partial charge in [-0.1, -0.05) is 6.07 Å². The molecule has 0 spiro atoms. The predicted octanol–water partition coefficient (Wildman–Crippen LogP) is 3.89. The van der Waals surface area contributed by atoms with Crippen LogP contribution in [-0.2, 0) is 6.61 Å². The Bertz CT molecular complexity index is 555. The lowest BCUT2D eigenvalue weighted by Gasteiger charge is -2.11. The molecule has 5 heteroatoms. The molecule has 94 valence electrons. The van der Waals surface area contributed by atoms with Crippen LogP contribution in [0.2, 0.25) is 0 Å². The topological polar surface area (TPSA) is 35.2 Å². The Hall–Kier alpha value is -1.62. The summed E-state index contributed by atoms with van der Waals surface area (Å²) in [6.07, 6.45) is 0. The zero-order chi connectivity index (χ0) is 13.1. The first kappa shape index (κ1) is 12.8. The number of anilines is 1. The van der Waals surface area contributed by atoms with Crippen LogP contribution in [0.15, 0.2) is 40.9 Å². The van der Waals surface area contributed by atoms with E-state index in [1.807, 2.05) is 0 Å². The van der Waals surface area contributed by atoms with Gasteiger partial charge in [0.15, 0.2) is 5.75 Å². The summed E-state index contributed by atoms with van der Waals surface area (Å²) in [4.78, 5) is 0. The molecule has 0 fully saturated rings. The number of benzene rings is 2. The van der Waals surface area contributed by atoms with Crippen molar-refractivity contribution >= 4 is 21.6 Å². The fraction of sp³-hybridized carbons (Fsp3) is 0.0769. The Kier molecular flexibility index (Phi) is 3.81. The molecule has 2 nitrogen and oxygen atoms in total. The molecule has 2 aromatic rings. The predicted molar refractivity (Wildman–Crippen MR) is 69.2 cm³/mol. The Balaban J connectivity index is 2.16. The molecule has 0 saturated heterocycles. The summed E-state index contributed by atoms with van der Waals surface area (Å²) in [7, 11) is 0. The second kappa shape index (κ2) is 5.35. The summed E-state index contributed by atoms with van der Waals surface area (Å²) in [5, 5.41) is 0. The van der Waals surface area contributed by atoms with E-state index in [2.05, 4.69) is 15.9 Å². The van der Waals surface area contributed by atoms with E-state index >= 15 is 0 Å². The first-order valence-corrected chi connectivity index (χ1v) is 5.98. The van der Waals surface area contributed by atoms with Crippen LogP contribution in [0.5, 0.6) is 5.75 Å². The molecule has 0 atom stereocenters. The van der Waals surface area contributed by atoms with Crippen molar-refractivity contribution in [2.75, 3.05) is 5.73 Å². The second-order valence-corrected chi connectivity index (χ2v) is 4.54. The van der Waals surface area contributed by atoms with Crippen molar-refractivity contribution in [3.63, 3.8) is 0 Å². The minimum Gasteiger partial charge on any atom is -0.485 e. The van der Waals surface area contributed by atoms with Crippen molar-refractivity contribution in [2.45, 2.75) is 6.61 Å². The van der Waals surface area contributed by atoms with Gasteiger partial charge >= 0.3 is 0 Å². The lowest BCUT2D eigenvalue weighted by atomic mass is 10.2. The highest BCUT2D eigenvalue weighted by Gasteiger charge is 2.08. The molecule has 0 heterocycles. The van der Waals surface area contributed by atoms with Gasteiger partial charge in [0.25, 0.3) is 0 Å². The van der Waals surface area contributed by atoms with E-state index in [0.717, 1.165) is 6.07 Å². The number of nitrogen functional groups attached to an aromatic ring is 1. The fourth-order valence-electron chi connectivity index (χ4n) is 1.47. The van der Waals surface area contributed by atoms with Crippen LogP contribution in [0.25, 0.3) is 0 Å². The number of para-hydroxylation sites is 1. The Morgan fingerprint density at radius 3 is 2.61 bits per heavy atom. The maximum atomic E-state index is 13.4. The van der Waals surface area contributed by atoms with Gasteiger partial charge in [0.1, 0.15) is 18.2 Å². The fourth-order valence-corrected chi connectivity index (χ4v) is 1.96. The molecule has 2 rings (SSSR count). The summed E-state index contributed by atoms with van der Waals surface area (Å²) in [6, 6.07) is 8.57. The van der Waals surface area contributed by atoms with Crippen LogP contribution in [0.3, 0.4) is 0 Å². The summed E-state index contributed by atoms with van der Waals surface area (Å²) < 4.78 is 32.2. The molecule has 0 unspecified atom stereocenters. The Morgan fingerprint density at radius 1 is 1.17 bits per heavy atom. The highest BCUT2D eigenvalue weighted by atomic mass is 79.9. The smallest absolute Gasteiger partial charge is 0.156 e. The molecule has 0 saturated carbocycles. The average Bonchev–Trinajstić information content (AvgIpc) is 2.31. The van der Waals surface area contributed by atoms with Crippen molar-refractivity contribution in [3.8, 4) is 5.75 Å². The maximum Gasteiger partial charge on any atom is 0.156 e. The minimum atomic E-state index is -0.638. The third-order valence-corrected chi connectivity index (χ3v) is 3.01. The van der Waals surface area contributed by atoms with Crippen LogP contribution in [0.1, 0.15) is 5.56 Å². The van der Waals surface area contributed by atoms with E-state index < -0.39 is 11.6 Å². The summed E-state index contributed by atoms with van der Waals surface area (Å²) >= 11 is 3.29. The zero-order valence-electron chi connectivity index (χ0n) is 9.29. The second-order valence-electron chi connectivity index (χ2n) is 3.68. The molecule has 0 aliphatic rings. The SMILES string of the molecule is Nc1cccc(Br)c1OCc1ccc(F)cc1F. The first-order valence-electron chi connectivity index (χ1n) is 5.18. The van der Waals surface area contributed by atoms with E-state index in [0.29, 0.717) is 15.9 Å². The van der Waals surface area contributed by atoms with Crippen molar-refractivity contribution in [3.05, 3.63) is 58.1 Å². The van der Waals surface area contributed by atoms with Crippen molar-refractivity contribution < 1.29 is 13.5 Å². The molecule has 0 amide bonds. The molecule has 2 N–H and O–H groups in total. The van der Waals surface area contributed by atoms with Gasteiger partial charge in [0.2, 0.25) is 0 Å². The molecular formula is C13H10BrF2NO. The van der Waals surface area contributed by atoms with E-state index in [-0.39, 0.29) is 12.2 Å². The summed E-state index contributed by atoms with van der Waals surface area (Å²) in [5.41, 5.74) is 6.46. The highest BCUT2D eigenvalue weighted by molar-refractivity contribution is 9.10. The quantitative estimate of drug-likeness (QED) is 0.873. The van der Waals surface area contributed by atoms with E-state index in [1.165, 1.54) is 12.1 Å². The molecular weight excluding hydrogens is 304 g/mol. The molecule has 0 bridgehead atoms. The van der Waals surface area contributed by atoms with Gasteiger partial charge in [-0.2, -0.15) is 0 Å². The standard InChI is InChI=1S/C13H10BrF2NO/c14-10-2-1-3-12(17)13(10)18-7-8-4-5-9(15)6-11(8)16/h1-6H,7,17H2. The largest absolute Gasteiger partial charge is 0.485 e. The third-order valence-electron chi connectivity index (χ3n) is 2.38. The Morgan fingerprint density at radius 2 is 1.94 bits per heavy atom. The van der Waals surface area contributed by atoms with Crippen LogP contribution >= 0.6 is 15.9 Å². The van der Waals surface area contributed by atoms with Crippen LogP contribution in [0, 0.1) is 11.6 Å². The van der Waals surface area contributed by atoms with Gasteiger partial charge in [0.05, 0.1) is 10.2 Å². The van der Waals surface area contributed by atoms with Crippen molar-refractivity contribution in [1.29, 1.82) is 0 Å². The normalized spacial score (nSPS) is 10.4. The summed E-state index contributed by atoms with van der Waals surface area (Å²) in [5.74, 6) is -0.807. The maximum absolute atomic E-state index is 13.4. The molecule has 0 aliphatic carbocycles. The lowest BCUT2D eigenvalue weighted by molar-refractivity contribution is 0.299. The number of hydrogen-bond acceptors (Lipinski definition) is 2. The van der Waals surface area contributed by atoms with Crippen molar-refractivity contribution in [1.82, 2.24) is 0 Å². The number of hydrogen-bond donors (Lipinski definition) is 1. The van der Waals surface area contributed by atoms with Gasteiger partial charge in [-0.25, -0.2) is 8.78 Å². The molecule has 0 aliphatic heterocycles. The zero-order valence-corrected chi connectivity index (χ0v) is 10.9. The summed E-state index contributed by atoms with van der Waals surface area (Å²) in [6.45, 7) is -0.0150. The van der Waals surface area contributed by atoms with Gasteiger partial charge in [-0.3, -0.25) is 0 Å². The monoisotopic (exact) mass is 313 g/mol. The van der Waals surface area contributed by atoms with Gasteiger partial charge in [-0.05, 0) is 40.2 Å². The first-order chi connectivity index (χ1) is 8.58. The van der Waals surface area contributed by atoms with Gasteiger partial charge in [-0.15, -0.1) is 0 Å². The number of rotatable bonds is 3. The van der Waals surface area contributed by atoms with Crippen LogP contribution < -0.4 is 10.5 Å². The van der Waals surface area contributed by atoms with Gasteiger partial charge in [0, 0.05) is 11.6 Å². The van der Waals surface area contributed by atoms with E-state index in [9.17, 15) is 8.78 Å². The van der Waals surface area contributed by atoms with E-state index in [4.69, 9.17) is 10.5 Å². The van der Waals surface area contributed by atoms with Gasteiger partial charge < -0.3 is 10.5 Å². The molecule has 0 radical (unpaired) electrons. The number of ether oxygens (including phenoxy) is 1. The average molecular weight is 314 g/mol. The highest BCUT2D eigenvalue weighted by Crippen LogP contribution is 2.31. The minimum absolute atomic E-state index is 0.0150. The number of halogens is 3. The van der Waals surface area contributed by atoms with Crippen LogP contribution in [-0.4, -0.2) is 0 Å². The molecule has 2 aromatic carbocycles.